The van der Waals surface area contributed by atoms with Gasteiger partial charge in [0.2, 0.25) is 0 Å². The van der Waals surface area contributed by atoms with Crippen molar-refractivity contribution < 1.29 is 4.79 Å². The second-order valence-electron chi connectivity index (χ2n) is 5.52. The normalized spacial score (nSPS) is 18.2. The summed E-state index contributed by atoms with van der Waals surface area (Å²) in [6.45, 7) is 4.07. The van der Waals surface area contributed by atoms with Crippen molar-refractivity contribution >= 4 is 34.6 Å². The summed E-state index contributed by atoms with van der Waals surface area (Å²) >= 11 is 1.42. The van der Waals surface area contributed by atoms with Gasteiger partial charge >= 0.3 is 0 Å². The third-order valence-electron chi connectivity index (χ3n) is 3.75. The summed E-state index contributed by atoms with van der Waals surface area (Å²) in [7, 11) is 1.77. The van der Waals surface area contributed by atoms with Crippen molar-refractivity contribution in [1.82, 2.24) is 4.90 Å². The van der Waals surface area contributed by atoms with Crippen LogP contribution in [0.3, 0.4) is 0 Å². The van der Waals surface area contributed by atoms with Crippen molar-refractivity contribution in [3.63, 3.8) is 0 Å². The molecule has 0 radical (unpaired) electrons. The van der Waals surface area contributed by atoms with Gasteiger partial charge in [-0.25, -0.2) is 4.99 Å². The lowest BCUT2D eigenvalue weighted by atomic mass is 10.1. The molecule has 1 fully saturated rings. The van der Waals surface area contributed by atoms with E-state index in [0.717, 1.165) is 27.5 Å². The van der Waals surface area contributed by atoms with Crippen LogP contribution in [0.25, 0.3) is 6.08 Å². The number of carbonyl (C=O) groups is 1. The second kappa shape index (κ2) is 6.42. The largest absolute Gasteiger partial charge is 0.290 e. The van der Waals surface area contributed by atoms with Crippen molar-refractivity contribution in [1.29, 1.82) is 0 Å². The van der Waals surface area contributed by atoms with Gasteiger partial charge in [0.1, 0.15) is 0 Å². The van der Waals surface area contributed by atoms with Crippen LogP contribution < -0.4 is 0 Å². The average Bonchev–Trinajstić information content (AvgIpc) is 2.80. The number of hydrogen-bond donors (Lipinski definition) is 0. The van der Waals surface area contributed by atoms with E-state index in [1.165, 1.54) is 11.8 Å². The molecule has 0 saturated carbocycles. The van der Waals surface area contributed by atoms with Crippen LogP contribution >= 0.6 is 11.8 Å². The first-order valence-corrected chi connectivity index (χ1v) is 8.25. The molecule has 0 aromatic heterocycles. The zero-order valence-corrected chi connectivity index (χ0v) is 14.2. The molecule has 0 spiro atoms. The average molecular weight is 322 g/mol. The number of aryl methyl sites for hydroxylation is 2. The summed E-state index contributed by atoms with van der Waals surface area (Å²) in [5.74, 6) is -0.0103. The standard InChI is InChI=1S/C19H18N2OS/c1-13-8-7-9-14(2)17(13)20-19-21(3)18(22)16(23-19)12-15-10-5-4-6-11-15/h4-12H,1-3H3/b16-12-,20-19?. The number of nitrogens with zero attached hydrogens (tertiary/aromatic N) is 2. The number of hydrogen-bond acceptors (Lipinski definition) is 3. The summed E-state index contributed by atoms with van der Waals surface area (Å²) in [4.78, 5) is 19.5. The quantitative estimate of drug-likeness (QED) is 0.761. The number of benzene rings is 2. The summed E-state index contributed by atoms with van der Waals surface area (Å²) in [5.41, 5.74) is 4.18. The van der Waals surface area contributed by atoms with E-state index >= 15 is 0 Å². The van der Waals surface area contributed by atoms with E-state index in [4.69, 9.17) is 4.99 Å². The third-order valence-corrected chi connectivity index (χ3v) is 4.81. The molecule has 4 heteroatoms. The zero-order chi connectivity index (χ0) is 16.4. The fourth-order valence-corrected chi connectivity index (χ4v) is 3.40. The number of amidine groups is 1. The van der Waals surface area contributed by atoms with Crippen LogP contribution in [0.15, 0.2) is 58.4 Å². The molecule has 0 N–H and O–H groups in total. The van der Waals surface area contributed by atoms with E-state index in [-0.39, 0.29) is 5.91 Å². The van der Waals surface area contributed by atoms with Gasteiger partial charge in [-0.15, -0.1) is 0 Å². The van der Waals surface area contributed by atoms with Crippen molar-refractivity contribution in [2.75, 3.05) is 7.05 Å². The van der Waals surface area contributed by atoms with E-state index in [1.54, 1.807) is 11.9 Å². The molecule has 1 aliphatic rings. The molecule has 1 amide bonds. The smallest absolute Gasteiger partial charge is 0.266 e. The molecule has 23 heavy (non-hydrogen) atoms. The lowest BCUT2D eigenvalue weighted by Crippen LogP contribution is -2.23. The molecule has 3 nitrogen and oxygen atoms in total. The molecule has 116 valence electrons. The van der Waals surface area contributed by atoms with Gasteiger partial charge in [-0.2, -0.15) is 0 Å². The minimum atomic E-state index is -0.0103. The maximum absolute atomic E-state index is 12.4. The number of rotatable bonds is 2. The Morgan fingerprint density at radius 3 is 2.30 bits per heavy atom. The number of likely N-dealkylation sites (N-methyl/N-ethyl adjacent to an activating group) is 1. The highest BCUT2D eigenvalue weighted by Gasteiger charge is 2.30. The van der Waals surface area contributed by atoms with Gasteiger partial charge < -0.3 is 0 Å². The minimum Gasteiger partial charge on any atom is -0.290 e. The van der Waals surface area contributed by atoms with Crippen LogP contribution in [0.1, 0.15) is 16.7 Å². The summed E-state index contributed by atoms with van der Waals surface area (Å²) in [5, 5.41) is 0.717. The fraction of sp³-hybridized carbons (Fsp3) is 0.158. The first kappa shape index (κ1) is 15.6. The molecule has 0 aliphatic carbocycles. The number of thioether (sulfide) groups is 1. The Morgan fingerprint density at radius 2 is 1.65 bits per heavy atom. The van der Waals surface area contributed by atoms with E-state index in [1.807, 2.05) is 68.5 Å². The zero-order valence-electron chi connectivity index (χ0n) is 13.4. The van der Waals surface area contributed by atoms with Gasteiger partial charge in [-0.3, -0.25) is 9.69 Å². The van der Waals surface area contributed by atoms with Gasteiger partial charge in [0.15, 0.2) is 5.17 Å². The first-order chi connectivity index (χ1) is 11.1. The SMILES string of the molecule is Cc1cccc(C)c1N=C1S/C(=C\c2ccccc2)C(=O)N1C. The molecule has 0 atom stereocenters. The Hall–Kier alpha value is -2.33. The molecule has 1 aliphatic heterocycles. The van der Waals surface area contributed by atoms with Crippen molar-refractivity contribution in [3.05, 3.63) is 70.1 Å². The highest BCUT2D eigenvalue weighted by Crippen LogP contribution is 2.34. The highest BCUT2D eigenvalue weighted by molar-refractivity contribution is 8.18. The minimum absolute atomic E-state index is 0.0103. The van der Waals surface area contributed by atoms with Crippen molar-refractivity contribution in [3.8, 4) is 0 Å². The van der Waals surface area contributed by atoms with E-state index in [9.17, 15) is 4.79 Å². The fourth-order valence-electron chi connectivity index (χ4n) is 2.43. The van der Waals surface area contributed by atoms with Crippen LogP contribution in [0.4, 0.5) is 5.69 Å². The Kier molecular flexibility index (Phi) is 4.35. The Balaban J connectivity index is 1.96. The predicted octanol–water partition coefficient (Wildman–Crippen LogP) is 4.54. The van der Waals surface area contributed by atoms with Gasteiger partial charge in [0, 0.05) is 7.05 Å². The first-order valence-electron chi connectivity index (χ1n) is 7.44. The van der Waals surface area contributed by atoms with Crippen molar-refractivity contribution in [2.45, 2.75) is 13.8 Å². The third kappa shape index (κ3) is 3.22. The van der Waals surface area contributed by atoms with Gasteiger partial charge in [0.05, 0.1) is 10.6 Å². The lowest BCUT2D eigenvalue weighted by molar-refractivity contribution is -0.121. The van der Waals surface area contributed by atoms with E-state index < -0.39 is 0 Å². The molecule has 0 bridgehead atoms. The molecule has 2 aromatic carbocycles. The summed E-state index contributed by atoms with van der Waals surface area (Å²) in [6.07, 6.45) is 1.91. The van der Waals surface area contributed by atoms with Crippen LogP contribution in [0.2, 0.25) is 0 Å². The molecule has 3 rings (SSSR count). The number of amides is 1. The Bertz CT molecular complexity index is 789. The predicted molar refractivity (Wildman–Crippen MR) is 97.8 cm³/mol. The van der Waals surface area contributed by atoms with Crippen molar-refractivity contribution in [2.24, 2.45) is 4.99 Å². The molecule has 0 unspecified atom stereocenters. The monoisotopic (exact) mass is 322 g/mol. The summed E-state index contributed by atoms with van der Waals surface area (Å²) in [6, 6.07) is 16.0. The maximum Gasteiger partial charge on any atom is 0.266 e. The lowest BCUT2D eigenvalue weighted by Gasteiger charge is -2.09. The summed E-state index contributed by atoms with van der Waals surface area (Å²) < 4.78 is 0. The highest BCUT2D eigenvalue weighted by atomic mass is 32.2. The molecular weight excluding hydrogens is 304 g/mol. The van der Waals surface area contributed by atoms with Gasteiger partial charge in [0.25, 0.3) is 5.91 Å². The molecule has 1 saturated heterocycles. The Labute approximate surface area is 140 Å². The van der Waals surface area contributed by atoms with Gasteiger partial charge in [-0.05, 0) is 48.4 Å². The van der Waals surface area contributed by atoms with Crippen LogP contribution in [-0.4, -0.2) is 23.0 Å². The topological polar surface area (TPSA) is 32.7 Å². The Morgan fingerprint density at radius 1 is 1.00 bits per heavy atom. The van der Waals surface area contributed by atoms with E-state index in [0.29, 0.717) is 4.91 Å². The molecular formula is C19H18N2OS. The number of carbonyl (C=O) groups excluding carboxylic acids is 1. The van der Waals surface area contributed by atoms with Gasteiger partial charge in [-0.1, -0.05) is 48.5 Å². The molecule has 1 heterocycles. The van der Waals surface area contributed by atoms with Crippen LogP contribution in [0, 0.1) is 13.8 Å². The number of para-hydroxylation sites is 1. The van der Waals surface area contributed by atoms with Crippen LogP contribution in [0.5, 0.6) is 0 Å². The van der Waals surface area contributed by atoms with E-state index in [2.05, 4.69) is 0 Å². The number of aliphatic imine (C=N–C) groups is 1. The molecule has 2 aromatic rings. The maximum atomic E-state index is 12.4. The van der Waals surface area contributed by atoms with Crippen LogP contribution in [-0.2, 0) is 4.79 Å². The second-order valence-corrected chi connectivity index (χ2v) is 6.53.